The third-order valence-electron chi connectivity index (χ3n) is 11.0. The van der Waals surface area contributed by atoms with E-state index >= 15 is 0 Å². The van der Waals surface area contributed by atoms with Crippen molar-refractivity contribution in [1.82, 2.24) is 0 Å². The SMILES string of the molecule is CCC(C)CCCCCCCCCCC(=O)OC[C@@H](COC(=O)CCCCCCCCCC(C)C)OC(=O)CCCCCCCCCCCCCC(C)C. The van der Waals surface area contributed by atoms with Gasteiger partial charge in [-0.25, -0.2) is 0 Å². The molecule has 6 heteroatoms. The second kappa shape index (κ2) is 39.6. The fraction of sp³-hybridized carbons (Fsp3) is 0.938. The first kappa shape index (κ1) is 52.4. The first-order valence-electron chi connectivity index (χ1n) is 23.6. The molecule has 0 saturated heterocycles. The van der Waals surface area contributed by atoms with Crippen LogP contribution in [0.2, 0.25) is 0 Å². The van der Waals surface area contributed by atoms with E-state index in [9.17, 15) is 14.4 Å². The minimum Gasteiger partial charge on any atom is -0.462 e. The zero-order valence-electron chi connectivity index (χ0n) is 37.0. The molecule has 0 bridgehead atoms. The minimum absolute atomic E-state index is 0.0664. The first-order chi connectivity index (χ1) is 26.1. The number of hydrogen-bond donors (Lipinski definition) is 0. The molecule has 0 rings (SSSR count). The van der Waals surface area contributed by atoms with Crippen LogP contribution in [-0.2, 0) is 28.6 Å². The first-order valence-corrected chi connectivity index (χ1v) is 23.6. The lowest BCUT2D eigenvalue weighted by Crippen LogP contribution is -2.30. The summed E-state index contributed by atoms with van der Waals surface area (Å²) in [6, 6.07) is 0. The van der Waals surface area contributed by atoms with E-state index in [1.807, 2.05) is 0 Å². The molecule has 0 heterocycles. The Morgan fingerprint density at radius 2 is 0.648 bits per heavy atom. The summed E-state index contributed by atoms with van der Waals surface area (Å²) in [4.78, 5) is 37.8. The van der Waals surface area contributed by atoms with Crippen molar-refractivity contribution < 1.29 is 28.6 Å². The number of ether oxygens (including phenoxy) is 3. The highest BCUT2D eigenvalue weighted by molar-refractivity contribution is 5.71. The van der Waals surface area contributed by atoms with E-state index in [4.69, 9.17) is 14.2 Å². The molecule has 0 aromatic heterocycles. The van der Waals surface area contributed by atoms with E-state index < -0.39 is 6.10 Å². The highest BCUT2D eigenvalue weighted by Crippen LogP contribution is 2.17. The summed E-state index contributed by atoms with van der Waals surface area (Å²) in [7, 11) is 0. The second-order valence-corrected chi connectivity index (χ2v) is 17.6. The Morgan fingerprint density at radius 1 is 0.370 bits per heavy atom. The summed E-state index contributed by atoms with van der Waals surface area (Å²) < 4.78 is 16.7. The number of carbonyl (C=O) groups is 3. The third kappa shape index (κ3) is 40.1. The van der Waals surface area contributed by atoms with Crippen LogP contribution < -0.4 is 0 Å². The van der Waals surface area contributed by atoms with Gasteiger partial charge in [0.2, 0.25) is 0 Å². The molecule has 0 radical (unpaired) electrons. The molecule has 0 fully saturated rings. The molecule has 54 heavy (non-hydrogen) atoms. The molecule has 1 unspecified atom stereocenters. The molecule has 0 saturated carbocycles. The largest absolute Gasteiger partial charge is 0.462 e. The summed E-state index contributed by atoms with van der Waals surface area (Å²) in [5.74, 6) is 1.59. The Balaban J connectivity index is 4.35. The Morgan fingerprint density at radius 3 is 0.963 bits per heavy atom. The molecular weight excluding hydrogens is 673 g/mol. The van der Waals surface area contributed by atoms with Gasteiger partial charge < -0.3 is 14.2 Å². The lowest BCUT2D eigenvalue weighted by atomic mass is 9.99. The van der Waals surface area contributed by atoms with Gasteiger partial charge in [-0.05, 0) is 37.0 Å². The molecule has 0 aliphatic carbocycles. The third-order valence-corrected chi connectivity index (χ3v) is 11.0. The zero-order valence-corrected chi connectivity index (χ0v) is 37.0. The van der Waals surface area contributed by atoms with Crippen LogP contribution in [0.5, 0.6) is 0 Å². The van der Waals surface area contributed by atoms with Crippen LogP contribution in [0, 0.1) is 17.8 Å². The van der Waals surface area contributed by atoms with Crippen molar-refractivity contribution in [2.75, 3.05) is 13.2 Å². The predicted octanol–water partition coefficient (Wildman–Crippen LogP) is 14.8. The van der Waals surface area contributed by atoms with Gasteiger partial charge in [-0.15, -0.1) is 0 Å². The van der Waals surface area contributed by atoms with Crippen molar-refractivity contribution in [3.8, 4) is 0 Å². The monoisotopic (exact) mass is 765 g/mol. The van der Waals surface area contributed by atoms with Gasteiger partial charge in [0.05, 0.1) is 0 Å². The summed E-state index contributed by atoms with van der Waals surface area (Å²) in [5, 5.41) is 0. The van der Waals surface area contributed by atoms with Crippen LogP contribution in [0.15, 0.2) is 0 Å². The van der Waals surface area contributed by atoms with E-state index in [1.165, 1.54) is 135 Å². The van der Waals surface area contributed by atoms with Gasteiger partial charge in [0.1, 0.15) is 13.2 Å². The van der Waals surface area contributed by atoms with Gasteiger partial charge in [-0.2, -0.15) is 0 Å². The lowest BCUT2D eigenvalue weighted by molar-refractivity contribution is -0.167. The molecule has 0 N–H and O–H groups in total. The van der Waals surface area contributed by atoms with Crippen molar-refractivity contribution in [3.05, 3.63) is 0 Å². The molecule has 2 atom stereocenters. The van der Waals surface area contributed by atoms with Gasteiger partial charge >= 0.3 is 17.9 Å². The van der Waals surface area contributed by atoms with Crippen LogP contribution in [-0.4, -0.2) is 37.2 Å². The summed E-state index contributed by atoms with van der Waals surface area (Å²) >= 11 is 0. The standard InChI is InChI=1S/C48H92O6/c1-7-44(6)36-30-24-18-13-14-19-25-31-37-46(49)52-40-45(41-53-47(50)38-32-26-21-15-17-23-29-35-43(4)5)54-48(51)39-33-27-20-12-10-8-9-11-16-22-28-34-42(2)3/h42-45H,7-41H2,1-6H3/t44?,45-/m0/s1. The average Bonchev–Trinajstić information content (AvgIpc) is 3.14. The quantitative estimate of drug-likeness (QED) is 0.0350. The molecule has 0 spiro atoms. The molecular formula is C48H92O6. The molecule has 6 nitrogen and oxygen atoms in total. The molecule has 320 valence electrons. The smallest absolute Gasteiger partial charge is 0.306 e. The van der Waals surface area contributed by atoms with Crippen molar-refractivity contribution in [2.24, 2.45) is 17.8 Å². The van der Waals surface area contributed by atoms with Gasteiger partial charge in [-0.3, -0.25) is 14.4 Å². The Kier molecular flexibility index (Phi) is 38.5. The van der Waals surface area contributed by atoms with Gasteiger partial charge in [0.15, 0.2) is 6.10 Å². The second-order valence-electron chi connectivity index (χ2n) is 17.6. The van der Waals surface area contributed by atoms with E-state index in [-0.39, 0.29) is 31.1 Å². The minimum atomic E-state index is -0.762. The molecule has 0 aliphatic heterocycles. The van der Waals surface area contributed by atoms with Gasteiger partial charge in [0, 0.05) is 19.3 Å². The maximum absolute atomic E-state index is 12.7. The number of esters is 3. The van der Waals surface area contributed by atoms with E-state index in [1.54, 1.807) is 0 Å². The molecule has 0 aliphatic rings. The molecule has 0 aromatic rings. The van der Waals surface area contributed by atoms with Crippen molar-refractivity contribution >= 4 is 17.9 Å². The van der Waals surface area contributed by atoms with Crippen molar-refractivity contribution in [3.63, 3.8) is 0 Å². The summed E-state index contributed by atoms with van der Waals surface area (Å²) in [6.07, 6.45) is 36.6. The van der Waals surface area contributed by atoms with Crippen LogP contribution in [0.3, 0.4) is 0 Å². The predicted molar refractivity (Wildman–Crippen MR) is 229 cm³/mol. The summed E-state index contributed by atoms with van der Waals surface area (Å²) in [5.41, 5.74) is 0. The fourth-order valence-electron chi connectivity index (χ4n) is 7.02. The van der Waals surface area contributed by atoms with E-state index in [0.717, 1.165) is 75.5 Å². The van der Waals surface area contributed by atoms with Crippen LogP contribution in [0.25, 0.3) is 0 Å². The Bertz CT molecular complexity index is 839. The number of unbranched alkanes of at least 4 members (excludes halogenated alkanes) is 23. The lowest BCUT2D eigenvalue weighted by Gasteiger charge is -2.18. The average molecular weight is 765 g/mol. The Hall–Kier alpha value is -1.59. The normalized spacial score (nSPS) is 12.7. The van der Waals surface area contributed by atoms with Crippen LogP contribution in [0.4, 0.5) is 0 Å². The number of carbonyl (C=O) groups excluding carboxylic acids is 3. The maximum atomic E-state index is 12.7. The van der Waals surface area contributed by atoms with Crippen molar-refractivity contribution in [1.29, 1.82) is 0 Å². The highest BCUT2D eigenvalue weighted by Gasteiger charge is 2.19. The highest BCUT2D eigenvalue weighted by atomic mass is 16.6. The molecule has 0 aromatic carbocycles. The Labute approximate surface area is 336 Å². The van der Waals surface area contributed by atoms with E-state index in [2.05, 4.69) is 41.5 Å². The van der Waals surface area contributed by atoms with Crippen LogP contribution >= 0.6 is 0 Å². The van der Waals surface area contributed by atoms with E-state index in [0.29, 0.717) is 19.3 Å². The fourth-order valence-corrected chi connectivity index (χ4v) is 7.02. The number of hydrogen-bond acceptors (Lipinski definition) is 6. The van der Waals surface area contributed by atoms with Gasteiger partial charge in [-0.1, -0.05) is 215 Å². The molecule has 0 amide bonds. The number of rotatable bonds is 41. The maximum Gasteiger partial charge on any atom is 0.306 e. The zero-order chi connectivity index (χ0) is 39.9. The van der Waals surface area contributed by atoms with Gasteiger partial charge in [0.25, 0.3) is 0 Å². The topological polar surface area (TPSA) is 78.9 Å². The van der Waals surface area contributed by atoms with Crippen molar-refractivity contribution in [2.45, 2.75) is 260 Å². The summed E-state index contributed by atoms with van der Waals surface area (Å²) in [6.45, 7) is 13.6. The van der Waals surface area contributed by atoms with Crippen LogP contribution in [0.1, 0.15) is 253 Å².